The molecule has 0 unspecified atom stereocenters. The molecule has 0 saturated carbocycles. The van der Waals surface area contributed by atoms with Crippen molar-refractivity contribution in [3.8, 4) is 23.0 Å². The summed E-state index contributed by atoms with van der Waals surface area (Å²) in [6.07, 6.45) is 1.04. The number of phenolic OH excluding ortho intramolecular Hbond substituents is 2. The topological polar surface area (TPSA) is 102 Å². The van der Waals surface area contributed by atoms with Gasteiger partial charge in [0, 0.05) is 18.2 Å². The molecule has 0 aromatic heterocycles. The largest absolute Gasteiger partial charge is 0.507 e. The van der Waals surface area contributed by atoms with Crippen molar-refractivity contribution in [1.29, 1.82) is 0 Å². The lowest BCUT2D eigenvalue weighted by molar-refractivity contribution is -0.138. The highest BCUT2D eigenvalue weighted by Gasteiger charge is 2.18. The number of rotatable bonds is 8. The zero-order chi connectivity index (χ0) is 19.1. The van der Waals surface area contributed by atoms with Crippen molar-refractivity contribution >= 4 is 11.8 Å². The lowest BCUT2D eigenvalue weighted by atomic mass is 10.0. The van der Waals surface area contributed by atoms with Crippen molar-refractivity contribution in [1.82, 2.24) is 0 Å². The lowest BCUT2D eigenvalue weighted by Crippen LogP contribution is -2.10. The smallest absolute Gasteiger partial charge is 0.330 e. The van der Waals surface area contributed by atoms with E-state index in [1.165, 1.54) is 43.5 Å². The number of aromatic hydroxyl groups is 2. The summed E-state index contributed by atoms with van der Waals surface area (Å²) in [4.78, 5) is 23.4. The predicted octanol–water partition coefficient (Wildman–Crippen LogP) is 2.45. The van der Waals surface area contributed by atoms with Crippen LogP contribution in [0.5, 0.6) is 23.0 Å². The summed E-state index contributed by atoms with van der Waals surface area (Å²) in [5.74, 6) is -0.952. The molecule has 2 aromatic rings. The standard InChI is InChI=1S/C19H18O7/c1-3-18(22)26-9-8-25-13-5-7-15(17(21)11-13)19(23)14-6-4-12(24-2)10-16(14)20/h3-7,10-11,20-21H,1,8-9H2,2H3. The van der Waals surface area contributed by atoms with Gasteiger partial charge in [0.15, 0.2) is 5.78 Å². The molecule has 0 aliphatic rings. The van der Waals surface area contributed by atoms with E-state index in [1.54, 1.807) is 0 Å². The van der Waals surface area contributed by atoms with Gasteiger partial charge >= 0.3 is 5.97 Å². The first kappa shape index (κ1) is 18.9. The molecule has 2 aromatic carbocycles. The number of carbonyl (C=O) groups excluding carboxylic acids is 2. The van der Waals surface area contributed by atoms with Crippen LogP contribution in [0, 0.1) is 0 Å². The van der Waals surface area contributed by atoms with Gasteiger partial charge in [0.1, 0.15) is 36.2 Å². The molecule has 0 spiro atoms. The van der Waals surface area contributed by atoms with Gasteiger partial charge in [0.2, 0.25) is 0 Å². The summed E-state index contributed by atoms with van der Waals surface area (Å²) in [6, 6.07) is 8.39. The highest BCUT2D eigenvalue weighted by atomic mass is 16.6. The summed E-state index contributed by atoms with van der Waals surface area (Å²) >= 11 is 0. The monoisotopic (exact) mass is 358 g/mol. The molecule has 0 heterocycles. The van der Waals surface area contributed by atoms with Crippen molar-refractivity contribution in [3.63, 3.8) is 0 Å². The van der Waals surface area contributed by atoms with Crippen molar-refractivity contribution in [2.24, 2.45) is 0 Å². The molecule has 26 heavy (non-hydrogen) atoms. The van der Waals surface area contributed by atoms with Crippen molar-refractivity contribution in [2.75, 3.05) is 20.3 Å². The number of carbonyl (C=O) groups is 2. The van der Waals surface area contributed by atoms with E-state index in [2.05, 4.69) is 6.58 Å². The van der Waals surface area contributed by atoms with Crippen molar-refractivity contribution in [2.45, 2.75) is 0 Å². The number of esters is 1. The van der Waals surface area contributed by atoms with E-state index in [-0.39, 0.29) is 35.8 Å². The quantitative estimate of drug-likeness (QED) is 0.323. The van der Waals surface area contributed by atoms with E-state index in [4.69, 9.17) is 14.2 Å². The molecule has 0 aliphatic heterocycles. The van der Waals surface area contributed by atoms with Crippen LogP contribution >= 0.6 is 0 Å². The van der Waals surface area contributed by atoms with Gasteiger partial charge in [-0.15, -0.1) is 0 Å². The third-order valence-electron chi connectivity index (χ3n) is 3.43. The van der Waals surface area contributed by atoms with Crippen molar-refractivity contribution < 1.29 is 34.0 Å². The Labute approximate surface area is 150 Å². The van der Waals surface area contributed by atoms with Gasteiger partial charge in [-0.05, 0) is 24.3 Å². The predicted molar refractivity (Wildman–Crippen MR) is 92.8 cm³/mol. The van der Waals surface area contributed by atoms with E-state index in [0.29, 0.717) is 11.5 Å². The number of methoxy groups -OCH3 is 1. The summed E-state index contributed by atoms with van der Waals surface area (Å²) in [6.45, 7) is 3.37. The zero-order valence-electron chi connectivity index (χ0n) is 14.1. The van der Waals surface area contributed by atoms with Crippen LogP contribution in [0.1, 0.15) is 15.9 Å². The fraction of sp³-hybridized carbons (Fsp3) is 0.158. The highest BCUT2D eigenvalue weighted by molar-refractivity contribution is 6.12. The first-order valence-corrected chi connectivity index (χ1v) is 7.63. The van der Waals surface area contributed by atoms with Crippen LogP contribution < -0.4 is 9.47 Å². The Balaban J connectivity index is 2.08. The summed E-state index contributed by atoms with van der Waals surface area (Å²) in [5.41, 5.74) is 0.0435. The Morgan fingerprint density at radius 3 is 2.12 bits per heavy atom. The second-order valence-electron chi connectivity index (χ2n) is 5.11. The molecule has 7 nitrogen and oxygen atoms in total. The van der Waals surface area contributed by atoms with Crippen LogP contribution in [0.3, 0.4) is 0 Å². The van der Waals surface area contributed by atoms with E-state index in [0.717, 1.165) is 6.08 Å². The maximum Gasteiger partial charge on any atom is 0.330 e. The molecular formula is C19H18O7. The number of hydrogen-bond acceptors (Lipinski definition) is 7. The van der Waals surface area contributed by atoms with Gasteiger partial charge < -0.3 is 24.4 Å². The van der Waals surface area contributed by atoms with E-state index >= 15 is 0 Å². The number of phenols is 2. The molecule has 136 valence electrons. The fourth-order valence-electron chi connectivity index (χ4n) is 2.13. The van der Waals surface area contributed by atoms with Crippen LogP contribution in [0.25, 0.3) is 0 Å². The first-order chi connectivity index (χ1) is 12.5. The normalized spacial score (nSPS) is 10.0. The van der Waals surface area contributed by atoms with Crippen LogP contribution in [-0.2, 0) is 9.53 Å². The number of benzene rings is 2. The molecule has 2 rings (SSSR count). The van der Waals surface area contributed by atoms with E-state index < -0.39 is 11.8 Å². The molecule has 0 atom stereocenters. The highest BCUT2D eigenvalue weighted by Crippen LogP contribution is 2.30. The Kier molecular flexibility index (Phi) is 6.21. The number of ketones is 1. The molecule has 0 amide bonds. The van der Waals surface area contributed by atoms with Gasteiger partial charge in [-0.1, -0.05) is 6.58 Å². The van der Waals surface area contributed by atoms with Gasteiger partial charge in [-0.25, -0.2) is 4.79 Å². The third kappa shape index (κ3) is 4.54. The molecule has 2 N–H and O–H groups in total. The summed E-state index contributed by atoms with van der Waals surface area (Å²) < 4.78 is 15.1. The average molecular weight is 358 g/mol. The molecule has 7 heteroatoms. The second-order valence-corrected chi connectivity index (χ2v) is 5.11. The maximum atomic E-state index is 12.5. The molecule has 0 bridgehead atoms. The fourth-order valence-corrected chi connectivity index (χ4v) is 2.13. The molecule has 0 saturated heterocycles. The van der Waals surface area contributed by atoms with Gasteiger partial charge in [0.25, 0.3) is 0 Å². The molecule has 0 fully saturated rings. The van der Waals surface area contributed by atoms with Crippen LogP contribution in [0.2, 0.25) is 0 Å². The van der Waals surface area contributed by atoms with Crippen LogP contribution in [0.4, 0.5) is 0 Å². The molecule has 0 radical (unpaired) electrons. The van der Waals surface area contributed by atoms with Gasteiger partial charge in [-0.2, -0.15) is 0 Å². The third-order valence-corrected chi connectivity index (χ3v) is 3.43. The second kappa shape index (κ2) is 8.57. The summed E-state index contributed by atoms with van der Waals surface area (Å²) in [7, 11) is 1.44. The number of ether oxygens (including phenoxy) is 3. The Morgan fingerprint density at radius 1 is 1.00 bits per heavy atom. The minimum atomic E-state index is -0.559. The average Bonchev–Trinajstić information content (AvgIpc) is 2.64. The van der Waals surface area contributed by atoms with Gasteiger partial charge in [0.05, 0.1) is 18.2 Å². The molecule has 0 aliphatic carbocycles. The van der Waals surface area contributed by atoms with E-state index in [1.807, 2.05) is 0 Å². The van der Waals surface area contributed by atoms with Gasteiger partial charge in [-0.3, -0.25) is 4.79 Å². The number of hydrogen-bond donors (Lipinski definition) is 2. The maximum absolute atomic E-state index is 12.5. The van der Waals surface area contributed by atoms with Crippen LogP contribution in [0.15, 0.2) is 49.1 Å². The Bertz CT molecular complexity index is 827. The van der Waals surface area contributed by atoms with Crippen LogP contribution in [-0.4, -0.2) is 42.3 Å². The SMILES string of the molecule is C=CC(=O)OCCOc1ccc(C(=O)c2ccc(OC)cc2O)c(O)c1. The minimum absolute atomic E-state index is 0.0101. The Morgan fingerprint density at radius 2 is 1.58 bits per heavy atom. The summed E-state index contributed by atoms with van der Waals surface area (Å²) in [5, 5.41) is 20.0. The molecular weight excluding hydrogens is 340 g/mol. The van der Waals surface area contributed by atoms with Crippen molar-refractivity contribution in [3.05, 3.63) is 60.2 Å². The lowest BCUT2D eigenvalue weighted by Gasteiger charge is -2.10. The van der Waals surface area contributed by atoms with E-state index in [9.17, 15) is 19.8 Å². The minimum Gasteiger partial charge on any atom is -0.507 e. The Hall–Kier alpha value is -3.48. The first-order valence-electron chi connectivity index (χ1n) is 7.63. The zero-order valence-corrected chi connectivity index (χ0v) is 14.1.